The third-order valence-corrected chi connectivity index (χ3v) is 4.24. The fourth-order valence-electron chi connectivity index (χ4n) is 2.59. The Hall–Kier alpha value is -0.690. The summed E-state index contributed by atoms with van der Waals surface area (Å²) in [5, 5.41) is 21.5. The molecule has 1 aliphatic rings. The molecule has 0 heterocycles. The van der Waals surface area contributed by atoms with Crippen LogP contribution in [0.5, 0.6) is 0 Å². The molecule has 0 unspecified atom stereocenters. The van der Waals surface area contributed by atoms with Crippen LogP contribution in [0.2, 0.25) is 0 Å². The van der Waals surface area contributed by atoms with Gasteiger partial charge in [0.05, 0.1) is 19.3 Å². The minimum Gasteiger partial charge on any atom is -0.395 e. The number of aliphatic hydroxyl groups is 2. The van der Waals surface area contributed by atoms with Crippen LogP contribution < -0.4 is 5.32 Å². The third-order valence-electron chi connectivity index (χ3n) is 3.53. The van der Waals surface area contributed by atoms with Crippen molar-refractivity contribution in [3.63, 3.8) is 0 Å². The zero-order chi connectivity index (χ0) is 14.5. The Balaban J connectivity index is 2.14. The highest BCUT2D eigenvalue weighted by Gasteiger charge is 2.23. The monoisotopic (exact) mass is 303 g/mol. The number of halogens is 2. The average molecular weight is 303 g/mol. The van der Waals surface area contributed by atoms with E-state index in [9.17, 15) is 8.78 Å². The van der Waals surface area contributed by atoms with Gasteiger partial charge in [-0.3, -0.25) is 0 Å². The number of nitrogens with one attached hydrogen (secondary N) is 1. The lowest BCUT2D eigenvalue weighted by molar-refractivity contribution is 0.159. The lowest BCUT2D eigenvalue weighted by atomic mass is 9.87. The maximum Gasteiger partial charge on any atom is 0.288 e. The number of hydrogen-bond donors (Lipinski definition) is 3. The van der Waals surface area contributed by atoms with Crippen molar-refractivity contribution in [1.29, 1.82) is 0 Å². The SMILES string of the molecule is OCC(CO)N[C@@H]1CCCc2cc(SC(F)F)ccc21. The minimum absolute atomic E-state index is 0.0636. The zero-order valence-electron chi connectivity index (χ0n) is 11.1. The molecular weight excluding hydrogens is 284 g/mol. The molecule has 0 saturated heterocycles. The molecule has 20 heavy (non-hydrogen) atoms. The van der Waals surface area contributed by atoms with Crippen LogP contribution in [0.4, 0.5) is 8.78 Å². The van der Waals surface area contributed by atoms with E-state index in [2.05, 4.69) is 5.32 Å². The quantitative estimate of drug-likeness (QED) is 0.706. The number of aliphatic hydroxyl groups excluding tert-OH is 2. The Kier molecular flexibility index (Phi) is 5.77. The van der Waals surface area contributed by atoms with Gasteiger partial charge < -0.3 is 15.5 Å². The number of hydrogen-bond acceptors (Lipinski definition) is 4. The summed E-state index contributed by atoms with van der Waals surface area (Å²) < 4.78 is 24.8. The summed E-state index contributed by atoms with van der Waals surface area (Å²) in [6, 6.07) is 5.13. The van der Waals surface area contributed by atoms with E-state index in [-0.39, 0.29) is 25.3 Å². The maximum atomic E-state index is 12.4. The first-order valence-corrected chi connectivity index (χ1v) is 7.57. The number of alkyl halides is 2. The fraction of sp³-hybridized carbons (Fsp3) is 0.571. The number of aryl methyl sites for hydroxylation is 1. The van der Waals surface area contributed by atoms with E-state index in [1.807, 2.05) is 12.1 Å². The van der Waals surface area contributed by atoms with Crippen LogP contribution in [0.25, 0.3) is 0 Å². The highest BCUT2D eigenvalue weighted by molar-refractivity contribution is 7.99. The van der Waals surface area contributed by atoms with E-state index in [0.29, 0.717) is 16.7 Å². The molecule has 0 aromatic heterocycles. The molecule has 0 saturated carbocycles. The molecule has 112 valence electrons. The summed E-state index contributed by atoms with van der Waals surface area (Å²) >= 11 is 0.562. The molecule has 0 aliphatic heterocycles. The van der Waals surface area contributed by atoms with Crippen LogP contribution in [-0.4, -0.2) is 35.2 Å². The first-order valence-electron chi connectivity index (χ1n) is 6.69. The van der Waals surface area contributed by atoms with Crippen molar-refractivity contribution >= 4 is 11.8 Å². The molecule has 0 amide bonds. The maximum absolute atomic E-state index is 12.4. The van der Waals surface area contributed by atoms with Crippen molar-refractivity contribution < 1.29 is 19.0 Å². The van der Waals surface area contributed by atoms with Gasteiger partial charge in [0.15, 0.2) is 0 Å². The lowest BCUT2D eigenvalue weighted by Gasteiger charge is -2.29. The molecule has 0 fully saturated rings. The number of benzene rings is 1. The van der Waals surface area contributed by atoms with E-state index in [0.717, 1.165) is 30.4 Å². The van der Waals surface area contributed by atoms with Crippen LogP contribution >= 0.6 is 11.8 Å². The van der Waals surface area contributed by atoms with Gasteiger partial charge in [-0.05, 0) is 42.5 Å². The van der Waals surface area contributed by atoms with Crippen LogP contribution in [-0.2, 0) is 6.42 Å². The Morgan fingerprint density at radius 1 is 1.30 bits per heavy atom. The molecule has 1 aliphatic carbocycles. The summed E-state index contributed by atoms with van der Waals surface area (Å²) in [7, 11) is 0. The fourth-order valence-corrected chi connectivity index (χ4v) is 3.15. The molecule has 6 heteroatoms. The predicted octanol–water partition coefficient (Wildman–Crippen LogP) is 2.32. The van der Waals surface area contributed by atoms with Crippen molar-refractivity contribution in [2.75, 3.05) is 13.2 Å². The van der Waals surface area contributed by atoms with Gasteiger partial charge in [-0.1, -0.05) is 17.8 Å². The van der Waals surface area contributed by atoms with Crippen molar-refractivity contribution in [1.82, 2.24) is 5.32 Å². The van der Waals surface area contributed by atoms with Gasteiger partial charge in [-0.15, -0.1) is 0 Å². The second kappa shape index (κ2) is 7.36. The summed E-state index contributed by atoms with van der Waals surface area (Å²) in [6.45, 7) is -0.247. The molecule has 1 atom stereocenters. The predicted molar refractivity (Wildman–Crippen MR) is 75.1 cm³/mol. The Bertz CT molecular complexity index is 441. The van der Waals surface area contributed by atoms with Crippen molar-refractivity contribution in [2.24, 2.45) is 0 Å². The minimum atomic E-state index is -2.40. The van der Waals surface area contributed by atoms with E-state index in [4.69, 9.17) is 10.2 Å². The van der Waals surface area contributed by atoms with Crippen LogP contribution in [0.1, 0.15) is 30.0 Å². The second-order valence-corrected chi connectivity index (χ2v) is 5.98. The molecule has 2 rings (SSSR count). The normalized spacial score (nSPS) is 18.6. The number of thioether (sulfide) groups is 1. The van der Waals surface area contributed by atoms with Gasteiger partial charge in [-0.2, -0.15) is 8.78 Å². The average Bonchev–Trinajstić information content (AvgIpc) is 2.43. The molecule has 3 N–H and O–H groups in total. The van der Waals surface area contributed by atoms with Crippen LogP contribution in [0.15, 0.2) is 23.1 Å². The zero-order valence-corrected chi connectivity index (χ0v) is 11.9. The molecule has 1 aromatic carbocycles. The Morgan fingerprint density at radius 2 is 2.05 bits per heavy atom. The van der Waals surface area contributed by atoms with E-state index in [1.165, 1.54) is 0 Å². The van der Waals surface area contributed by atoms with Gasteiger partial charge in [0.25, 0.3) is 5.76 Å². The van der Waals surface area contributed by atoms with Gasteiger partial charge in [0.2, 0.25) is 0 Å². The van der Waals surface area contributed by atoms with Gasteiger partial charge in [0, 0.05) is 10.9 Å². The van der Waals surface area contributed by atoms with Crippen LogP contribution in [0, 0.1) is 0 Å². The third kappa shape index (κ3) is 3.91. The number of fused-ring (bicyclic) bond motifs is 1. The van der Waals surface area contributed by atoms with E-state index < -0.39 is 5.76 Å². The smallest absolute Gasteiger partial charge is 0.288 e. The topological polar surface area (TPSA) is 52.5 Å². The summed E-state index contributed by atoms with van der Waals surface area (Å²) in [5.74, 6) is -2.40. The molecule has 1 aromatic rings. The standard InChI is InChI=1S/C14H19F2NO2S/c15-14(16)20-11-4-5-12-9(6-11)2-1-3-13(12)17-10(7-18)8-19/h4-6,10,13-14,17-19H,1-3,7-8H2/t13-/m1/s1. The molecular formula is C14H19F2NO2S. The van der Waals surface area contributed by atoms with Gasteiger partial charge in [-0.25, -0.2) is 0 Å². The molecule has 0 radical (unpaired) electrons. The summed E-state index contributed by atoms with van der Waals surface area (Å²) in [5.41, 5.74) is 2.16. The Morgan fingerprint density at radius 3 is 2.70 bits per heavy atom. The lowest BCUT2D eigenvalue weighted by Crippen LogP contribution is -2.39. The van der Waals surface area contributed by atoms with E-state index >= 15 is 0 Å². The van der Waals surface area contributed by atoms with Crippen molar-refractivity contribution in [2.45, 2.75) is 42.0 Å². The summed E-state index contributed by atoms with van der Waals surface area (Å²) in [6.07, 6.45) is 2.77. The molecule has 0 spiro atoms. The molecule has 0 bridgehead atoms. The van der Waals surface area contributed by atoms with Crippen molar-refractivity contribution in [3.8, 4) is 0 Å². The summed E-state index contributed by atoms with van der Waals surface area (Å²) in [4.78, 5) is 0.584. The van der Waals surface area contributed by atoms with Gasteiger partial charge in [0.1, 0.15) is 0 Å². The first kappa shape index (κ1) is 15.7. The second-order valence-electron chi connectivity index (χ2n) is 4.91. The van der Waals surface area contributed by atoms with E-state index in [1.54, 1.807) is 6.07 Å². The van der Waals surface area contributed by atoms with Crippen LogP contribution in [0.3, 0.4) is 0 Å². The van der Waals surface area contributed by atoms with Gasteiger partial charge >= 0.3 is 0 Å². The van der Waals surface area contributed by atoms with Crippen molar-refractivity contribution in [3.05, 3.63) is 29.3 Å². The highest BCUT2D eigenvalue weighted by atomic mass is 32.2. The number of rotatable bonds is 6. The first-order chi connectivity index (χ1) is 9.63. The highest BCUT2D eigenvalue weighted by Crippen LogP contribution is 2.34. The Labute approximate surface area is 121 Å². The molecule has 3 nitrogen and oxygen atoms in total. The largest absolute Gasteiger partial charge is 0.395 e.